The minimum atomic E-state index is -4.27. The normalized spacial score (nSPS) is 10.9. The second-order valence-corrected chi connectivity index (χ2v) is 6.63. The van der Waals surface area contributed by atoms with E-state index in [0.29, 0.717) is 0 Å². The molecule has 2 rings (SSSR count). The molecule has 132 valence electrons. The van der Waals surface area contributed by atoms with Gasteiger partial charge in [-0.1, -0.05) is 30.4 Å². The first kappa shape index (κ1) is 18.3. The molecule has 2 N–H and O–H groups in total. The summed E-state index contributed by atoms with van der Waals surface area (Å²) in [5, 5.41) is 19.5. The van der Waals surface area contributed by atoms with Crippen LogP contribution in [0.5, 0.6) is 17.2 Å². The number of esters is 1. The SMILES string of the molecule is C=CCOC(=O)c1cc(O)c(O)c(OS(=O)(=O)c2ccc(C)cc2)c1. The van der Waals surface area contributed by atoms with Crippen molar-refractivity contribution in [2.75, 3.05) is 6.61 Å². The number of ether oxygens (including phenoxy) is 1. The average Bonchev–Trinajstić information content (AvgIpc) is 2.56. The second-order valence-electron chi connectivity index (χ2n) is 5.08. The predicted octanol–water partition coefficient (Wildman–Crippen LogP) is 2.52. The minimum Gasteiger partial charge on any atom is -0.504 e. The van der Waals surface area contributed by atoms with Gasteiger partial charge in [0, 0.05) is 6.07 Å². The summed E-state index contributed by atoms with van der Waals surface area (Å²) in [4.78, 5) is 11.7. The molecule has 25 heavy (non-hydrogen) atoms. The largest absolute Gasteiger partial charge is 0.504 e. The number of hydrogen-bond donors (Lipinski definition) is 2. The lowest BCUT2D eigenvalue weighted by atomic mass is 10.2. The Kier molecular flexibility index (Phi) is 5.33. The Morgan fingerprint density at radius 3 is 2.44 bits per heavy atom. The maximum Gasteiger partial charge on any atom is 0.339 e. The Balaban J connectivity index is 2.38. The van der Waals surface area contributed by atoms with Crippen LogP contribution < -0.4 is 4.18 Å². The van der Waals surface area contributed by atoms with Crippen LogP contribution in [0.15, 0.2) is 53.9 Å². The van der Waals surface area contributed by atoms with E-state index in [1.54, 1.807) is 19.1 Å². The molecule has 0 spiro atoms. The van der Waals surface area contributed by atoms with E-state index in [2.05, 4.69) is 6.58 Å². The topological polar surface area (TPSA) is 110 Å². The van der Waals surface area contributed by atoms with Crippen molar-refractivity contribution >= 4 is 16.1 Å². The van der Waals surface area contributed by atoms with Crippen LogP contribution in [0.3, 0.4) is 0 Å². The minimum absolute atomic E-state index is 0.0711. The molecule has 0 unspecified atom stereocenters. The van der Waals surface area contributed by atoms with Gasteiger partial charge in [-0.25, -0.2) is 4.79 Å². The highest BCUT2D eigenvalue weighted by atomic mass is 32.2. The number of benzene rings is 2. The van der Waals surface area contributed by atoms with Gasteiger partial charge in [0.25, 0.3) is 0 Å². The van der Waals surface area contributed by atoms with Crippen molar-refractivity contribution in [1.82, 2.24) is 0 Å². The second kappa shape index (κ2) is 7.27. The van der Waals surface area contributed by atoms with Crippen molar-refractivity contribution < 1.29 is 32.3 Å². The molecule has 0 heterocycles. The summed E-state index contributed by atoms with van der Waals surface area (Å²) in [5.74, 6) is -2.96. The molecule has 0 fully saturated rings. The van der Waals surface area contributed by atoms with E-state index in [-0.39, 0.29) is 17.1 Å². The van der Waals surface area contributed by atoms with Crippen molar-refractivity contribution in [3.63, 3.8) is 0 Å². The third kappa shape index (κ3) is 4.30. The van der Waals surface area contributed by atoms with Crippen LogP contribution in [0.4, 0.5) is 0 Å². The number of carbonyl (C=O) groups is 1. The number of hydrogen-bond acceptors (Lipinski definition) is 7. The standard InChI is InChI=1S/C17H16O7S/c1-3-8-23-17(20)12-9-14(18)16(19)15(10-12)24-25(21,22)13-6-4-11(2)5-7-13/h3-7,9-10,18-19H,1,8H2,2H3. The number of aryl methyl sites for hydroxylation is 1. The molecule has 0 aliphatic rings. The number of phenolic OH excluding ortho intramolecular Hbond substituents is 2. The van der Waals surface area contributed by atoms with Crippen LogP contribution in [0.1, 0.15) is 15.9 Å². The van der Waals surface area contributed by atoms with Crippen LogP contribution in [-0.4, -0.2) is 31.2 Å². The molecule has 0 aliphatic carbocycles. The van der Waals surface area contributed by atoms with Crippen LogP contribution in [0, 0.1) is 6.92 Å². The van der Waals surface area contributed by atoms with Crippen molar-refractivity contribution in [2.45, 2.75) is 11.8 Å². The Morgan fingerprint density at radius 2 is 1.84 bits per heavy atom. The molecule has 0 radical (unpaired) electrons. The van der Waals surface area contributed by atoms with Gasteiger partial charge in [-0.05, 0) is 25.1 Å². The third-order valence-electron chi connectivity index (χ3n) is 3.13. The Bertz CT molecular complexity index is 899. The fourth-order valence-electron chi connectivity index (χ4n) is 1.86. The van der Waals surface area contributed by atoms with Gasteiger partial charge >= 0.3 is 16.1 Å². The predicted molar refractivity (Wildman–Crippen MR) is 89.2 cm³/mol. The molecule has 0 saturated heterocycles. The lowest BCUT2D eigenvalue weighted by molar-refractivity contribution is 0.0549. The summed E-state index contributed by atoms with van der Waals surface area (Å²) in [5.41, 5.74) is 0.664. The van der Waals surface area contributed by atoms with Crippen molar-refractivity contribution in [3.8, 4) is 17.2 Å². The van der Waals surface area contributed by atoms with E-state index in [4.69, 9.17) is 8.92 Å². The quantitative estimate of drug-likeness (QED) is 0.351. The monoisotopic (exact) mass is 364 g/mol. The average molecular weight is 364 g/mol. The van der Waals surface area contributed by atoms with Crippen LogP contribution >= 0.6 is 0 Å². The highest BCUT2D eigenvalue weighted by Gasteiger charge is 2.22. The third-order valence-corrected chi connectivity index (χ3v) is 4.38. The number of aromatic hydroxyl groups is 2. The number of rotatable bonds is 6. The Labute approximate surface area is 144 Å². The zero-order valence-electron chi connectivity index (χ0n) is 13.3. The van der Waals surface area contributed by atoms with Gasteiger partial charge in [0.2, 0.25) is 5.75 Å². The van der Waals surface area contributed by atoms with E-state index < -0.39 is 33.3 Å². The molecule has 7 nitrogen and oxygen atoms in total. The lowest BCUT2D eigenvalue weighted by Gasteiger charge is -2.11. The molecular formula is C17H16O7S. The zero-order chi connectivity index (χ0) is 18.6. The summed E-state index contributed by atoms with van der Waals surface area (Å²) in [7, 11) is -4.27. The van der Waals surface area contributed by atoms with Crippen LogP contribution in [0.2, 0.25) is 0 Å². The van der Waals surface area contributed by atoms with Crippen molar-refractivity contribution in [3.05, 3.63) is 60.2 Å². The first-order chi connectivity index (χ1) is 11.7. The van der Waals surface area contributed by atoms with Gasteiger partial charge in [0.1, 0.15) is 11.5 Å². The number of carbonyl (C=O) groups excluding carboxylic acids is 1. The molecule has 2 aromatic carbocycles. The fourth-order valence-corrected chi connectivity index (χ4v) is 2.79. The van der Waals surface area contributed by atoms with Gasteiger partial charge in [-0.15, -0.1) is 0 Å². The van der Waals surface area contributed by atoms with E-state index in [1.807, 2.05) is 0 Å². The van der Waals surface area contributed by atoms with Crippen LogP contribution in [0.25, 0.3) is 0 Å². The zero-order valence-corrected chi connectivity index (χ0v) is 14.1. The Morgan fingerprint density at radius 1 is 1.20 bits per heavy atom. The van der Waals surface area contributed by atoms with Crippen LogP contribution in [-0.2, 0) is 14.9 Å². The molecule has 0 bridgehead atoms. The van der Waals surface area contributed by atoms with Gasteiger partial charge in [-0.2, -0.15) is 8.42 Å². The van der Waals surface area contributed by atoms with Gasteiger partial charge in [0.15, 0.2) is 11.5 Å². The summed E-state index contributed by atoms with van der Waals surface area (Å²) < 4.78 is 34.2. The molecule has 0 amide bonds. The van der Waals surface area contributed by atoms with Crippen molar-refractivity contribution in [1.29, 1.82) is 0 Å². The number of phenols is 2. The Hall–Kier alpha value is -3.00. The smallest absolute Gasteiger partial charge is 0.339 e. The maximum atomic E-state index is 12.3. The van der Waals surface area contributed by atoms with E-state index in [1.165, 1.54) is 18.2 Å². The van der Waals surface area contributed by atoms with Gasteiger partial charge in [-0.3, -0.25) is 0 Å². The van der Waals surface area contributed by atoms with E-state index in [0.717, 1.165) is 17.7 Å². The van der Waals surface area contributed by atoms with Gasteiger partial charge < -0.3 is 19.1 Å². The highest BCUT2D eigenvalue weighted by Crippen LogP contribution is 2.38. The lowest BCUT2D eigenvalue weighted by Crippen LogP contribution is -2.11. The molecule has 0 aliphatic heterocycles. The fraction of sp³-hybridized carbons (Fsp3) is 0.118. The van der Waals surface area contributed by atoms with E-state index in [9.17, 15) is 23.4 Å². The molecule has 8 heteroatoms. The van der Waals surface area contributed by atoms with E-state index >= 15 is 0 Å². The first-order valence-corrected chi connectivity index (χ1v) is 8.50. The maximum absolute atomic E-state index is 12.3. The summed E-state index contributed by atoms with van der Waals surface area (Å²) >= 11 is 0. The molecular weight excluding hydrogens is 348 g/mol. The molecule has 2 aromatic rings. The molecule has 0 aromatic heterocycles. The highest BCUT2D eigenvalue weighted by molar-refractivity contribution is 7.87. The molecule has 0 atom stereocenters. The summed E-state index contributed by atoms with van der Waals surface area (Å²) in [6.07, 6.45) is 1.34. The summed E-state index contributed by atoms with van der Waals surface area (Å²) in [6, 6.07) is 7.74. The van der Waals surface area contributed by atoms with Gasteiger partial charge in [0.05, 0.1) is 5.56 Å². The first-order valence-electron chi connectivity index (χ1n) is 7.09. The van der Waals surface area contributed by atoms with Crippen molar-refractivity contribution in [2.24, 2.45) is 0 Å². The molecule has 0 saturated carbocycles. The summed E-state index contributed by atoms with van der Waals surface area (Å²) in [6.45, 7) is 5.11.